The zero-order valence-electron chi connectivity index (χ0n) is 15.6. The Morgan fingerprint density at radius 3 is 2.54 bits per heavy atom. The van der Waals surface area contributed by atoms with Crippen LogP contribution in [0.2, 0.25) is 0 Å². The molecule has 148 valence electrons. The van der Waals surface area contributed by atoms with Gasteiger partial charge in [0.25, 0.3) is 0 Å². The van der Waals surface area contributed by atoms with Crippen molar-refractivity contribution in [2.24, 2.45) is 0 Å². The summed E-state index contributed by atoms with van der Waals surface area (Å²) in [5.74, 6) is 0.417. The van der Waals surface area contributed by atoms with E-state index in [-0.39, 0.29) is 24.2 Å². The number of urea groups is 1. The van der Waals surface area contributed by atoms with Gasteiger partial charge in [-0.15, -0.1) is 6.58 Å². The highest BCUT2D eigenvalue weighted by molar-refractivity contribution is 5.92. The van der Waals surface area contributed by atoms with Crippen molar-refractivity contribution in [2.45, 2.75) is 38.8 Å². The van der Waals surface area contributed by atoms with Crippen LogP contribution in [-0.4, -0.2) is 32.8 Å². The molecule has 2 heterocycles. The molecular weight excluding hydrogens is 360 g/mol. The Hall–Kier alpha value is -3.36. The Labute approximate surface area is 162 Å². The molecule has 0 radical (unpaired) electrons. The van der Waals surface area contributed by atoms with Gasteiger partial charge in [0.15, 0.2) is 0 Å². The Bertz CT molecular complexity index is 913. The van der Waals surface area contributed by atoms with Crippen LogP contribution >= 0.6 is 0 Å². The van der Waals surface area contributed by atoms with Crippen LogP contribution in [0.3, 0.4) is 0 Å². The number of benzene rings is 1. The number of carbonyl (C=O) groups excluding carboxylic acids is 2. The van der Waals surface area contributed by atoms with Crippen LogP contribution in [0.15, 0.2) is 41.7 Å². The monoisotopic (exact) mass is 384 g/mol. The number of rotatable bonds is 6. The van der Waals surface area contributed by atoms with Crippen LogP contribution in [0.4, 0.5) is 16.2 Å². The Morgan fingerprint density at radius 2 is 1.82 bits per heavy atom. The molecule has 3 rings (SSSR count). The van der Waals surface area contributed by atoms with Gasteiger partial charge in [-0.3, -0.25) is 9.36 Å². The molecule has 9 nitrogen and oxygen atoms in total. The summed E-state index contributed by atoms with van der Waals surface area (Å²) in [6.07, 6.45) is 5.40. The predicted molar refractivity (Wildman–Crippen MR) is 106 cm³/mol. The maximum atomic E-state index is 12.4. The molecule has 9 heteroatoms. The third kappa shape index (κ3) is 4.87. The van der Waals surface area contributed by atoms with Gasteiger partial charge in [-0.1, -0.05) is 12.5 Å². The van der Waals surface area contributed by atoms with Crippen LogP contribution in [0, 0.1) is 0 Å². The molecule has 1 aromatic heterocycles. The van der Waals surface area contributed by atoms with Gasteiger partial charge in [0.05, 0.1) is 0 Å². The van der Waals surface area contributed by atoms with Gasteiger partial charge < -0.3 is 16.0 Å². The highest BCUT2D eigenvalue weighted by Gasteiger charge is 2.17. The SMILES string of the molecule is C=CCNC(=O)Nc1ccc(NC(=O)Cn2nc3n(c2=O)CCCCC3)cc1. The second kappa shape index (κ2) is 9.03. The first-order chi connectivity index (χ1) is 13.6. The van der Waals surface area contributed by atoms with E-state index in [1.165, 1.54) is 4.68 Å². The average Bonchev–Trinajstić information content (AvgIpc) is 2.85. The lowest BCUT2D eigenvalue weighted by atomic mass is 10.2. The highest BCUT2D eigenvalue weighted by atomic mass is 16.2. The molecule has 28 heavy (non-hydrogen) atoms. The quantitative estimate of drug-likeness (QED) is 0.659. The van der Waals surface area contributed by atoms with Gasteiger partial charge in [0, 0.05) is 30.9 Å². The molecule has 1 aliphatic rings. The normalized spacial score (nSPS) is 13.1. The molecule has 2 aromatic rings. The van der Waals surface area contributed by atoms with Gasteiger partial charge in [-0.05, 0) is 37.1 Å². The number of aryl methyl sites for hydroxylation is 1. The van der Waals surface area contributed by atoms with E-state index < -0.39 is 0 Å². The van der Waals surface area contributed by atoms with Crippen molar-refractivity contribution in [1.82, 2.24) is 19.7 Å². The van der Waals surface area contributed by atoms with Gasteiger partial charge in [-0.25, -0.2) is 14.3 Å². The molecule has 0 atom stereocenters. The number of anilines is 2. The molecule has 1 aromatic carbocycles. The molecule has 0 saturated carbocycles. The first kappa shape index (κ1) is 19.4. The number of aromatic nitrogens is 3. The minimum atomic E-state index is -0.337. The van der Waals surface area contributed by atoms with Crippen LogP contribution < -0.4 is 21.6 Å². The Kier molecular flexibility index (Phi) is 6.25. The summed E-state index contributed by atoms with van der Waals surface area (Å²) < 4.78 is 2.88. The third-order valence-electron chi connectivity index (χ3n) is 4.41. The van der Waals surface area contributed by atoms with Crippen LogP contribution in [0.1, 0.15) is 25.1 Å². The van der Waals surface area contributed by atoms with Crippen molar-refractivity contribution in [3.05, 3.63) is 53.2 Å². The first-order valence-corrected chi connectivity index (χ1v) is 9.29. The number of hydrogen-bond donors (Lipinski definition) is 3. The van der Waals surface area contributed by atoms with Crippen molar-refractivity contribution in [1.29, 1.82) is 0 Å². The number of hydrogen-bond acceptors (Lipinski definition) is 4. The van der Waals surface area contributed by atoms with Crippen molar-refractivity contribution in [3.63, 3.8) is 0 Å². The van der Waals surface area contributed by atoms with Crippen LogP contribution in [0.25, 0.3) is 0 Å². The highest BCUT2D eigenvalue weighted by Crippen LogP contribution is 2.14. The smallest absolute Gasteiger partial charge is 0.334 e. The molecular formula is C19H24N6O3. The second-order valence-electron chi connectivity index (χ2n) is 6.57. The summed E-state index contributed by atoms with van der Waals surface area (Å²) in [5.41, 5.74) is 0.918. The van der Waals surface area contributed by atoms with E-state index in [2.05, 4.69) is 27.6 Å². The lowest BCUT2D eigenvalue weighted by Gasteiger charge is -2.08. The number of nitrogens with one attached hydrogen (secondary N) is 3. The number of amides is 3. The summed E-state index contributed by atoms with van der Waals surface area (Å²) in [6, 6.07) is 6.36. The van der Waals surface area contributed by atoms with Crippen molar-refractivity contribution < 1.29 is 9.59 Å². The number of nitrogens with zero attached hydrogens (tertiary/aromatic N) is 3. The molecule has 0 unspecified atom stereocenters. The maximum Gasteiger partial charge on any atom is 0.346 e. The third-order valence-corrected chi connectivity index (χ3v) is 4.41. The largest absolute Gasteiger partial charge is 0.346 e. The maximum absolute atomic E-state index is 12.4. The first-order valence-electron chi connectivity index (χ1n) is 9.29. The number of carbonyl (C=O) groups is 2. The zero-order valence-corrected chi connectivity index (χ0v) is 15.6. The second-order valence-corrected chi connectivity index (χ2v) is 6.57. The average molecular weight is 384 g/mol. The van der Waals surface area contributed by atoms with Crippen molar-refractivity contribution >= 4 is 23.3 Å². The standard InChI is InChI=1S/C19H24N6O3/c1-2-11-20-18(27)22-15-9-7-14(8-10-15)21-17(26)13-25-19(28)24-12-5-3-4-6-16(24)23-25/h2,7-10H,1,3-6,11-13H2,(H,21,26)(H2,20,22,27). The Morgan fingerprint density at radius 1 is 1.11 bits per heavy atom. The summed E-state index contributed by atoms with van der Waals surface area (Å²) >= 11 is 0. The van der Waals surface area contributed by atoms with Crippen molar-refractivity contribution in [3.8, 4) is 0 Å². The van der Waals surface area contributed by atoms with E-state index in [9.17, 15) is 14.4 Å². The van der Waals surface area contributed by atoms with Crippen molar-refractivity contribution in [2.75, 3.05) is 17.2 Å². The summed E-state index contributed by atoms with van der Waals surface area (Å²) in [4.78, 5) is 36.3. The zero-order chi connectivity index (χ0) is 19.9. The fraction of sp³-hybridized carbons (Fsp3) is 0.368. The van der Waals surface area contributed by atoms with E-state index in [0.717, 1.165) is 31.5 Å². The minimum Gasteiger partial charge on any atom is -0.334 e. The Balaban J connectivity index is 1.57. The lowest BCUT2D eigenvalue weighted by Crippen LogP contribution is -2.30. The van der Waals surface area contributed by atoms with E-state index in [1.807, 2.05) is 0 Å². The molecule has 0 bridgehead atoms. The molecule has 0 fully saturated rings. The molecule has 0 spiro atoms. The number of fused-ring (bicyclic) bond motifs is 1. The predicted octanol–water partition coefficient (Wildman–Crippen LogP) is 1.72. The molecule has 1 aliphatic heterocycles. The van der Waals surface area contributed by atoms with E-state index in [1.54, 1.807) is 34.9 Å². The van der Waals surface area contributed by atoms with Gasteiger partial charge in [-0.2, -0.15) is 5.10 Å². The summed E-state index contributed by atoms with van der Waals surface area (Å²) in [7, 11) is 0. The topological polar surface area (TPSA) is 110 Å². The fourth-order valence-electron chi connectivity index (χ4n) is 3.04. The van der Waals surface area contributed by atoms with Crippen LogP contribution in [0.5, 0.6) is 0 Å². The molecule has 0 saturated heterocycles. The van der Waals surface area contributed by atoms with E-state index in [4.69, 9.17) is 0 Å². The fourth-order valence-corrected chi connectivity index (χ4v) is 3.04. The van der Waals surface area contributed by atoms with Gasteiger partial charge in [0.1, 0.15) is 12.4 Å². The van der Waals surface area contributed by atoms with E-state index >= 15 is 0 Å². The minimum absolute atomic E-state index is 0.136. The van der Waals surface area contributed by atoms with Gasteiger partial charge in [0.2, 0.25) is 5.91 Å². The van der Waals surface area contributed by atoms with Gasteiger partial charge >= 0.3 is 11.7 Å². The lowest BCUT2D eigenvalue weighted by molar-refractivity contribution is -0.117. The molecule has 0 aliphatic carbocycles. The molecule has 3 N–H and O–H groups in total. The molecule has 3 amide bonds. The van der Waals surface area contributed by atoms with E-state index in [0.29, 0.717) is 24.5 Å². The summed E-state index contributed by atoms with van der Waals surface area (Å²) in [6.45, 7) is 4.42. The van der Waals surface area contributed by atoms with Crippen LogP contribution in [-0.2, 0) is 24.3 Å². The summed E-state index contributed by atoms with van der Waals surface area (Å²) in [5, 5.41) is 12.3.